The minimum absolute atomic E-state index is 0.0663. The number of likely N-dealkylation sites (tertiary alicyclic amines) is 1. The Morgan fingerprint density at radius 1 is 1.35 bits per heavy atom. The Bertz CT molecular complexity index is 486. The fourth-order valence-corrected chi connectivity index (χ4v) is 2.92. The first-order valence-corrected chi connectivity index (χ1v) is 7.96. The zero-order chi connectivity index (χ0) is 14.5. The molecule has 1 N–H and O–H groups in total. The molecule has 1 aliphatic rings. The summed E-state index contributed by atoms with van der Waals surface area (Å²) >= 11 is 1.84. The molecule has 1 amide bonds. The van der Waals surface area contributed by atoms with Gasteiger partial charge in [-0.1, -0.05) is 19.1 Å². The van der Waals surface area contributed by atoms with Gasteiger partial charge < -0.3 is 10.0 Å². The van der Waals surface area contributed by atoms with Crippen molar-refractivity contribution in [1.29, 1.82) is 0 Å². The van der Waals surface area contributed by atoms with E-state index in [4.69, 9.17) is 5.11 Å². The Kier molecular flexibility index (Phi) is 5.06. The maximum absolute atomic E-state index is 12.3. The summed E-state index contributed by atoms with van der Waals surface area (Å²) in [5, 5.41) is 8.96. The van der Waals surface area contributed by atoms with Gasteiger partial charge in [-0.2, -0.15) is 11.8 Å². The number of nitrogens with zero attached hydrogens (tertiary/aromatic N) is 1. The number of aliphatic carboxylic acids is 1. The predicted molar refractivity (Wildman–Crippen MR) is 79.9 cm³/mol. The lowest BCUT2D eigenvalue weighted by molar-refractivity contribution is -0.141. The van der Waals surface area contributed by atoms with Crippen LogP contribution in [0.25, 0.3) is 0 Å². The molecule has 0 aromatic heterocycles. The van der Waals surface area contributed by atoms with Crippen molar-refractivity contribution in [2.24, 2.45) is 5.92 Å². The first-order chi connectivity index (χ1) is 9.61. The van der Waals surface area contributed by atoms with E-state index in [1.165, 1.54) is 5.56 Å². The Hall–Kier alpha value is -1.49. The molecule has 0 bridgehead atoms. The summed E-state index contributed by atoms with van der Waals surface area (Å²) in [6.45, 7) is 2.97. The van der Waals surface area contributed by atoms with Crippen LogP contribution in [0.5, 0.6) is 0 Å². The van der Waals surface area contributed by atoms with E-state index >= 15 is 0 Å². The van der Waals surface area contributed by atoms with Gasteiger partial charge in [-0.3, -0.25) is 9.59 Å². The van der Waals surface area contributed by atoms with Gasteiger partial charge in [0.05, 0.1) is 5.92 Å². The number of carboxylic acids is 1. The zero-order valence-corrected chi connectivity index (χ0v) is 12.4. The highest BCUT2D eigenvalue weighted by atomic mass is 32.2. The standard InChI is InChI=1S/C15H19NO3S/c1-2-20-10-11-3-5-12(6-4-11)14(17)16-8-7-13(9-16)15(18)19/h3-6,13H,2,7-10H2,1H3,(H,18,19). The fraction of sp³-hybridized carbons (Fsp3) is 0.467. The van der Waals surface area contributed by atoms with Gasteiger partial charge in [0.15, 0.2) is 0 Å². The topological polar surface area (TPSA) is 57.6 Å². The molecule has 0 spiro atoms. The van der Waals surface area contributed by atoms with Crippen molar-refractivity contribution in [1.82, 2.24) is 4.90 Å². The second-order valence-electron chi connectivity index (χ2n) is 4.91. The molecule has 4 nitrogen and oxygen atoms in total. The number of hydrogen-bond acceptors (Lipinski definition) is 3. The van der Waals surface area contributed by atoms with Crippen molar-refractivity contribution in [2.45, 2.75) is 19.1 Å². The molecule has 1 fully saturated rings. The Labute approximate surface area is 123 Å². The van der Waals surface area contributed by atoms with Crippen molar-refractivity contribution < 1.29 is 14.7 Å². The summed E-state index contributed by atoms with van der Waals surface area (Å²) in [7, 11) is 0. The summed E-state index contributed by atoms with van der Waals surface area (Å²) in [4.78, 5) is 24.8. The molecule has 1 unspecified atom stereocenters. The van der Waals surface area contributed by atoms with Crippen molar-refractivity contribution in [3.63, 3.8) is 0 Å². The SMILES string of the molecule is CCSCc1ccc(C(=O)N2CCC(C(=O)O)C2)cc1. The van der Waals surface area contributed by atoms with Crippen LogP contribution in [0.15, 0.2) is 24.3 Å². The van der Waals surface area contributed by atoms with Gasteiger partial charge in [0.25, 0.3) is 5.91 Å². The summed E-state index contributed by atoms with van der Waals surface area (Å²) in [5.41, 5.74) is 1.85. The number of benzene rings is 1. The molecule has 20 heavy (non-hydrogen) atoms. The van der Waals surface area contributed by atoms with Crippen molar-refractivity contribution in [2.75, 3.05) is 18.8 Å². The molecule has 1 atom stereocenters. The molecular formula is C15H19NO3S. The highest BCUT2D eigenvalue weighted by Crippen LogP contribution is 2.20. The maximum Gasteiger partial charge on any atom is 0.308 e. The third-order valence-electron chi connectivity index (χ3n) is 3.50. The molecule has 0 saturated carbocycles. The van der Waals surface area contributed by atoms with Crippen LogP contribution in [0.3, 0.4) is 0 Å². The van der Waals surface area contributed by atoms with Crippen LogP contribution < -0.4 is 0 Å². The lowest BCUT2D eigenvalue weighted by Gasteiger charge is -2.16. The largest absolute Gasteiger partial charge is 0.481 e. The first kappa shape index (κ1) is 14.9. The normalized spacial score (nSPS) is 18.2. The van der Waals surface area contributed by atoms with Gasteiger partial charge in [0.1, 0.15) is 0 Å². The lowest BCUT2D eigenvalue weighted by Crippen LogP contribution is -2.29. The number of thioether (sulfide) groups is 1. The average molecular weight is 293 g/mol. The Morgan fingerprint density at radius 2 is 2.05 bits per heavy atom. The van der Waals surface area contributed by atoms with E-state index in [2.05, 4.69) is 6.92 Å². The van der Waals surface area contributed by atoms with E-state index in [0.29, 0.717) is 25.1 Å². The van der Waals surface area contributed by atoms with Gasteiger partial charge in [-0.05, 0) is 29.9 Å². The predicted octanol–water partition coefficient (Wildman–Crippen LogP) is 2.49. The minimum atomic E-state index is -0.813. The van der Waals surface area contributed by atoms with E-state index in [1.807, 2.05) is 36.0 Å². The van der Waals surface area contributed by atoms with Gasteiger partial charge >= 0.3 is 5.97 Å². The van der Waals surface area contributed by atoms with Crippen LogP contribution in [0.4, 0.5) is 0 Å². The van der Waals surface area contributed by atoms with Gasteiger partial charge in [-0.25, -0.2) is 0 Å². The van der Waals surface area contributed by atoms with Crippen molar-refractivity contribution in [3.8, 4) is 0 Å². The van der Waals surface area contributed by atoms with E-state index in [0.717, 1.165) is 11.5 Å². The summed E-state index contributed by atoms with van der Waals surface area (Å²) < 4.78 is 0. The molecule has 1 saturated heterocycles. The van der Waals surface area contributed by atoms with E-state index < -0.39 is 11.9 Å². The van der Waals surface area contributed by atoms with Gasteiger partial charge in [-0.15, -0.1) is 0 Å². The third-order valence-corrected chi connectivity index (χ3v) is 4.44. The van der Waals surface area contributed by atoms with E-state index in [-0.39, 0.29) is 5.91 Å². The second-order valence-corrected chi connectivity index (χ2v) is 6.18. The van der Waals surface area contributed by atoms with E-state index in [1.54, 1.807) is 4.90 Å². The van der Waals surface area contributed by atoms with Crippen LogP contribution in [-0.4, -0.2) is 40.7 Å². The molecule has 5 heteroatoms. The third kappa shape index (κ3) is 3.54. The molecule has 1 aromatic rings. The summed E-state index contributed by atoms with van der Waals surface area (Å²) in [5.74, 6) is 0.732. The van der Waals surface area contributed by atoms with Crippen LogP contribution >= 0.6 is 11.8 Å². The van der Waals surface area contributed by atoms with Crippen LogP contribution in [0, 0.1) is 5.92 Å². The van der Waals surface area contributed by atoms with Crippen LogP contribution in [-0.2, 0) is 10.5 Å². The van der Waals surface area contributed by atoms with Crippen molar-refractivity contribution in [3.05, 3.63) is 35.4 Å². The van der Waals surface area contributed by atoms with Gasteiger partial charge in [0.2, 0.25) is 0 Å². The second kappa shape index (κ2) is 6.79. The Morgan fingerprint density at radius 3 is 2.60 bits per heavy atom. The van der Waals surface area contributed by atoms with Crippen molar-refractivity contribution >= 4 is 23.6 Å². The maximum atomic E-state index is 12.3. The minimum Gasteiger partial charge on any atom is -0.481 e. The lowest BCUT2D eigenvalue weighted by atomic mass is 10.1. The summed E-state index contributed by atoms with van der Waals surface area (Å²) in [6, 6.07) is 7.62. The molecule has 2 rings (SSSR count). The molecule has 1 aliphatic heterocycles. The number of carbonyl (C=O) groups excluding carboxylic acids is 1. The molecule has 0 radical (unpaired) electrons. The quantitative estimate of drug-likeness (QED) is 0.906. The first-order valence-electron chi connectivity index (χ1n) is 6.80. The average Bonchev–Trinajstić information content (AvgIpc) is 2.95. The number of amides is 1. The Balaban J connectivity index is 1.97. The van der Waals surface area contributed by atoms with E-state index in [9.17, 15) is 9.59 Å². The number of hydrogen-bond donors (Lipinski definition) is 1. The number of carboxylic acid groups (broad SMARTS) is 1. The monoisotopic (exact) mass is 293 g/mol. The fourth-order valence-electron chi connectivity index (χ4n) is 2.29. The van der Waals surface area contributed by atoms with Gasteiger partial charge in [0, 0.05) is 24.4 Å². The molecule has 1 aromatic carbocycles. The molecule has 0 aliphatic carbocycles. The highest BCUT2D eigenvalue weighted by molar-refractivity contribution is 7.98. The molecular weight excluding hydrogens is 274 g/mol. The highest BCUT2D eigenvalue weighted by Gasteiger charge is 2.31. The smallest absolute Gasteiger partial charge is 0.308 e. The number of carbonyl (C=O) groups is 2. The number of rotatable bonds is 5. The summed E-state index contributed by atoms with van der Waals surface area (Å²) in [6.07, 6.45) is 0.548. The van der Waals surface area contributed by atoms with Crippen LogP contribution in [0.1, 0.15) is 29.3 Å². The van der Waals surface area contributed by atoms with Crippen LogP contribution in [0.2, 0.25) is 0 Å². The zero-order valence-electron chi connectivity index (χ0n) is 11.5. The molecule has 108 valence electrons. The molecule has 1 heterocycles.